The molecule has 0 radical (unpaired) electrons. The molecular weight excluding hydrogens is 238 g/mol. The molecule has 3 amide bonds. The predicted molar refractivity (Wildman–Crippen MR) is 66.2 cm³/mol. The summed E-state index contributed by atoms with van der Waals surface area (Å²) in [5, 5.41) is 16.2. The fourth-order valence-electron chi connectivity index (χ4n) is 1.33. The number of hydrogen-bond acceptors (Lipinski definition) is 3. The fourth-order valence-corrected chi connectivity index (χ4v) is 1.33. The molecule has 0 heterocycles. The summed E-state index contributed by atoms with van der Waals surface area (Å²) in [6.45, 7) is 4.36. The number of carbonyl (C=O) groups is 3. The minimum atomic E-state index is -1.06. The van der Waals surface area contributed by atoms with E-state index in [1.165, 1.54) is 0 Å². The molecule has 7 heteroatoms. The maximum atomic E-state index is 11.4. The third-order valence-electron chi connectivity index (χ3n) is 2.19. The normalized spacial score (nSPS) is 11.4. The Hall–Kier alpha value is -1.79. The summed E-state index contributed by atoms with van der Waals surface area (Å²) in [5.41, 5.74) is 0. The largest absolute Gasteiger partial charge is 0.480 e. The van der Waals surface area contributed by atoms with Crippen molar-refractivity contribution in [2.24, 2.45) is 0 Å². The summed E-state index contributed by atoms with van der Waals surface area (Å²) >= 11 is 0. The second kappa shape index (κ2) is 9.26. The average molecular weight is 259 g/mol. The molecule has 18 heavy (non-hydrogen) atoms. The van der Waals surface area contributed by atoms with Crippen LogP contribution in [0.1, 0.15) is 33.1 Å². The highest BCUT2D eigenvalue weighted by Crippen LogP contribution is 1.96. The summed E-state index contributed by atoms with van der Waals surface area (Å²) in [6, 6.07) is -1.46. The Morgan fingerprint density at radius 1 is 1.17 bits per heavy atom. The van der Waals surface area contributed by atoms with Crippen molar-refractivity contribution in [1.29, 1.82) is 0 Å². The number of urea groups is 1. The number of amides is 3. The van der Waals surface area contributed by atoms with Gasteiger partial charge >= 0.3 is 12.0 Å². The van der Waals surface area contributed by atoms with E-state index in [9.17, 15) is 14.4 Å². The average Bonchev–Trinajstić information content (AvgIpc) is 2.28. The van der Waals surface area contributed by atoms with Crippen LogP contribution in [0.5, 0.6) is 0 Å². The van der Waals surface area contributed by atoms with Gasteiger partial charge in [0.05, 0.1) is 0 Å². The van der Waals surface area contributed by atoms with Gasteiger partial charge in [0, 0.05) is 19.5 Å². The van der Waals surface area contributed by atoms with E-state index in [0.29, 0.717) is 19.4 Å². The lowest BCUT2D eigenvalue weighted by atomic mass is 10.2. The molecule has 0 aliphatic rings. The van der Waals surface area contributed by atoms with Crippen LogP contribution in [0.4, 0.5) is 4.79 Å². The molecular formula is C11H21N3O4. The highest BCUT2D eigenvalue weighted by atomic mass is 16.4. The van der Waals surface area contributed by atoms with Gasteiger partial charge in [0.25, 0.3) is 0 Å². The van der Waals surface area contributed by atoms with Crippen LogP contribution in [0.2, 0.25) is 0 Å². The van der Waals surface area contributed by atoms with Gasteiger partial charge in [0.15, 0.2) is 0 Å². The van der Waals surface area contributed by atoms with Gasteiger partial charge in [-0.2, -0.15) is 0 Å². The van der Waals surface area contributed by atoms with Gasteiger partial charge < -0.3 is 21.1 Å². The second-order valence-corrected chi connectivity index (χ2v) is 3.78. The van der Waals surface area contributed by atoms with E-state index in [4.69, 9.17) is 5.11 Å². The predicted octanol–water partition coefficient (Wildman–Crippen LogP) is 0.0651. The Morgan fingerprint density at radius 2 is 1.83 bits per heavy atom. The molecule has 0 aliphatic heterocycles. The Labute approximate surface area is 106 Å². The molecule has 0 aromatic carbocycles. The molecule has 1 atom stereocenters. The lowest BCUT2D eigenvalue weighted by molar-refractivity contribution is -0.139. The summed E-state index contributed by atoms with van der Waals surface area (Å²) < 4.78 is 0. The monoisotopic (exact) mass is 259 g/mol. The van der Waals surface area contributed by atoms with Crippen molar-refractivity contribution in [2.45, 2.75) is 39.2 Å². The molecule has 104 valence electrons. The van der Waals surface area contributed by atoms with E-state index < -0.39 is 18.0 Å². The van der Waals surface area contributed by atoms with E-state index in [1.54, 1.807) is 6.92 Å². The Kier molecular flexibility index (Phi) is 8.34. The van der Waals surface area contributed by atoms with E-state index in [1.807, 2.05) is 6.92 Å². The number of hydrogen-bond donors (Lipinski definition) is 4. The lowest BCUT2D eigenvalue weighted by Crippen LogP contribution is -2.46. The van der Waals surface area contributed by atoms with Gasteiger partial charge in [-0.1, -0.05) is 13.3 Å². The zero-order valence-corrected chi connectivity index (χ0v) is 10.8. The van der Waals surface area contributed by atoms with Gasteiger partial charge in [-0.15, -0.1) is 0 Å². The molecule has 0 aromatic heterocycles. The van der Waals surface area contributed by atoms with E-state index in [0.717, 1.165) is 0 Å². The van der Waals surface area contributed by atoms with Crippen LogP contribution in [-0.2, 0) is 9.59 Å². The highest BCUT2D eigenvalue weighted by molar-refractivity contribution is 5.83. The maximum Gasteiger partial charge on any atom is 0.326 e. The first-order valence-electron chi connectivity index (χ1n) is 6.05. The lowest BCUT2D eigenvalue weighted by Gasteiger charge is -2.14. The summed E-state index contributed by atoms with van der Waals surface area (Å²) in [7, 11) is 0. The van der Waals surface area contributed by atoms with Gasteiger partial charge in [-0.25, -0.2) is 9.59 Å². The third kappa shape index (κ3) is 7.48. The van der Waals surface area contributed by atoms with Crippen molar-refractivity contribution in [1.82, 2.24) is 16.0 Å². The molecule has 0 rings (SSSR count). The van der Waals surface area contributed by atoms with Crippen LogP contribution in [0.25, 0.3) is 0 Å². The van der Waals surface area contributed by atoms with E-state index in [-0.39, 0.29) is 18.9 Å². The Morgan fingerprint density at radius 3 is 2.33 bits per heavy atom. The van der Waals surface area contributed by atoms with Crippen LogP contribution in [-0.4, -0.2) is 42.1 Å². The maximum absolute atomic E-state index is 11.4. The van der Waals surface area contributed by atoms with Crippen LogP contribution >= 0.6 is 0 Å². The minimum Gasteiger partial charge on any atom is -0.480 e. The number of aliphatic carboxylic acids is 1. The number of carbonyl (C=O) groups excluding carboxylic acids is 2. The number of nitrogens with one attached hydrogen (secondary N) is 3. The first-order chi connectivity index (χ1) is 8.51. The number of rotatable bonds is 8. The molecule has 0 spiro atoms. The third-order valence-corrected chi connectivity index (χ3v) is 2.19. The van der Waals surface area contributed by atoms with Crippen LogP contribution < -0.4 is 16.0 Å². The van der Waals surface area contributed by atoms with Crippen LogP contribution in [0.3, 0.4) is 0 Å². The first-order valence-corrected chi connectivity index (χ1v) is 6.05. The topological polar surface area (TPSA) is 108 Å². The standard InChI is InChI=1S/C11H21N3O4/c1-3-5-8(10(16)17)14-11(18)13-7-6-9(15)12-4-2/h8H,3-7H2,1-2H3,(H,12,15)(H,16,17)(H2,13,14,18)/t8-/m0/s1. The summed E-state index contributed by atoms with van der Waals surface area (Å²) in [5.74, 6) is -1.21. The van der Waals surface area contributed by atoms with Crippen molar-refractivity contribution in [3.8, 4) is 0 Å². The smallest absolute Gasteiger partial charge is 0.326 e. The van der Waals surface area contributed by atoms with Crippen molar-refractivity contribution >= 4 is 17.9 Å². The van der Waals surface area contributed by atoms with Crippen LogP contribution in [0.15, 0.2) is 0 Å². The minimum absolute atomic E-state index is 0.152. The first kappa shape index (κ1) is 16.2. The molecule has 0 saturated heterocycles. The molecule has 0 unspecified atom stereocenters. The zero-order valence-electron chi connectivity index (χ0n) is 10.8. The van der Waals surface area contributed by atoms with Crippen molar-refractivity contribution in [3.63, 3.8) is 0 Å². The Bertz CT molecular complexity index is 294. The molecule has 7 nitrogen and oxygen atoms in total. The van der Waals surface area contributed by atoms with Gasteiger partial charge in [0.1, 0.15) is 6.04 Å². The van der Waals surface area contributed by atoms with Gasteiger partial charge in [-0.05, 0) is 13.3 Å². The van der Waals surface area contributed by atoms with Crippen molar-refractivity contribution in [2.75, 3.05) is 13.1 Å². The number of carboxylic acids is 1. The van der Waals surface area contributed by atoms with Gasteiger partial charge in [-0.3, -0.25) is 4.79 Å². The van der Waals surface area contributed by atoms with Crippen molar-refractivity contribution in [3.05, 3.63) is 0 Å². The number of carboxylic acid groups (broad SMARTS) is 1. The molecule has 4 N–H and O–H groups in total. The van der Waals surface area contributed by atoms with Gasteiger partial charge in [0.2, 0.25) is 5.91 Å². The van der Waals surface area contributed by atoms with Crippen molar-refractivity contribution < 1.29 is 19.5 Å². The zero-order chi connectivity index (χ0) is 14.0. The molecule has 0 bridgehead atoms. The van der Waals surface area contributed by atoms with E-state index in [2.05, 4.69) is 16.0 Å². The van der Waals surface area contributed by atoms with E-state index >= 15 is 0 Å². The highest BCUT2D eigenvalue weighted by Gasteiger charge is 2.18. The SMILES string of the molecule is CCC[C@H](NC(=O)NCCC(=O)NCC)C(=O)O. The molecule has 0 fully saturated rings. The summed E-state index contributed by atoms with van der Waals surface area (Å²) in [4.78, 5) is 33.2. The quantitative estimate of drug-likeness (QED) is 0.494. The molecule has 0 aromatic rings. The summed E-state index contributed by atoms with van der Waals surface area (Å²) in [6.07, 6.45) is 1.21. The van der Waals surface area contributed by atoms with Crippen LogP contribution in [0, 0.1) is 0 Å². The Balaban J connectivity index is 3.88. The molecule has 0 aliphatic carbocycles. The fraction of sp³-hybridized carbons (Fsp3) is 0.727. The second-order valence-electron chi connectivity index (χ2n) is 3.78. The molecule has 0 saturated carbocycles.